The number of hydrogen-bond acceptors (Lipinski definition) is 3. The number of carbonyl (C=O) groups is 1. The SMILES string of the molecule is CCSc1ccccc1C(=O)N[C@@H](CC)c1ccc(OC)cc1. The molecule has 0 bridgehead atoms. The van der Waals surface area contributed by atoms with E-state index in [-0.39, 0.29) is 11.9 Å². The molecule has 0 saturated heterocycles. The zero-order valence-electron chi connectivity index (χ0n) is 13.8. The first-order valence-corrected chi connectivity index (χ1v) is 8.84. The van der Waals surface area contributed by atoms with Crippen LogP contribution >= 0.6 is 11.8 Å². The van der Waals surface area contributed by atoms with E-state index in [1.54, 1.807) is 18.9 Å². The molecule has 0 aromatic heterocycles. The van der Waals surface area contributed by atoms with Crippen molar-refractivity contribution >= 4 is 17.7 Å². The summed E-state index contributed by atoms with van der Waals surface area (Å²) in [5, 5.41) is 3.14. The lowest BCUT2D eigenvalue weighted by Crippen LogP contribution is -2.28. The second-order valence-electron chi connectivity index (χ2n) is 5.14. The van der Waals surface area contributed by atoms with Gasteiger partial charge in [0.15, 0.2) is 0 Å². The number of amides is 1. The fourth-order valence-corrected chi connectivity index (χ4v) is 3.23. The summed E-state index contributed by atoms with van der Waals surface area (Å²) < 4.78 is 5.19. The van der Waals surface area contributed by atoms with Gasteiger partial charge in [-0.3, -0.25) is 4.79 Å². The van der Waals surface area contributed by atoms with Gasteiger partial charge in [-0.15, -0.1) is 11.8 Å². The third-order valence-electron chi connectivity index (χ3n) is 3.66. The maximum Gasteiger partial charge on any atom is 0.252 e. The maximum absolute atomic E-state index is 12.7. The summed E-state index contributed by atoms with van der Waals surface area (Å²) in [5.74, 6) is 1.74. The second-order valence-corrected chi connectivity index (χ2v) is 6.44. The summed E-state index contributed by atoms with van der Waals surface area (Å²) in [6.45, 7) is 4.16. The van der Waals surface area contributed by atoms with Gasteiger partial charge in [0.25, 0.3) is 5.91 Å². The van der Waals surface area contributed by atoms with Gasteiger partial charge in [-0.1, -0.05) is 38.1 Å². The van der Waals surface area contributed by atoms with Gasteiger partial charge in [-0.2, -0.15) is 0 Å². The molecule has 0 unspecified atom stereocenters. The molecule has 0 fully saturated rings. The van der Waals surface area contributed by atoms with Crippen LogP contribution in [0.3, 0.4) is 0 Å². The second kappa shape index (κ2) is 8.63. The summed E-state index contributed by atoms with van der Waals surface area (Å²) in [5.41, 5.74) is 1.83. The highest BCUT2D eigenvalue weighted by atomic mass is 32.2. The highest BCUT2D eigenvalue weighted by molar-refractivity contribution is 7.99. The average molecular weight is 329 g/mol. The third-order valence-corrected chi connectivity index (χ3v) is 4.62. The van der Waals surface area contributed by atoms with Gasteiger partial charge >= 0.3 is 0 Å². The summed E-state index contributed by atoms with van der Waals surface area (Å²) in [4.78, 5) is 13.7. The summed E-state index contributed by atoms with van der Waals surface area (Å²) in [6.07, 6.45) is 0.834. The van der Waals surface area contributed by atoms with E-state index in [4.69, 9.17) is 4.74 Å². The summed E-state index contributed by atoms with van der Waals surface area (Å²) in [6, 6.07) is 15.6. The normalized spacial score (nSPS) is 11.8. The number of rotatable bonds is 7. The molecule has 0 aliphatic rings. The van der Waals surface area contributed by atoms with Crippen LogP contribution in [0.25, 0.3) is 0 Å². The quantitative estimate of drug-likeness (QED) is 0.749. The van der Waals surface area contributed by atoms with Crippen molar-refractivity contribution in [1.82, 2.24) is 5.32 Å². The lowest BCUT2D eigenvalue weighted by molar-refractivity contribution is 0.0932. The standard InChI is InChI=1S/C19H23NO2S/c1-4-17(14-10-12-15(22-3)13-11-14)20-19(21)16-8-6-7-9-18(16)23-5-2/h6-13,17H,4-5H2,1-3H3,(H,20,21)/t17-/m0/s1. The Kier molecular flexibility index (Phi) is 6.53. The first-order valence-electron chi connectivity index (χ1n) is 7.86. The first kappa shape index (κ1) is 17.4. The van der Waals surface area contributed by atoms with Crippen LogP contribution in [-0.2, 0) is 0 Å². The number of methoxy groups -OCH3 is 1. The Labute approximate surface area is 142 Å². The minimum atomic E-state index is -0.0239. The zero-order chi connectivity index (χ0) is 16.7. The molecule has 2 rings (SSSR count). The maximum atomic E-state index is 12.7. The number of thioether (sulfide) groups is 1. The molecule has 0 aliphatic heterocycles. The number of nitrogens with one attached hydrogen (secondary N) is 1. The van der Waals surface area contributed by atoms with E-state index in [1.807, 2.05) is 48.5 Å². The Morgan fingerprint density at radius 2 is 1.83 bits per heavy atom. The molecule has 0 heterocycles. The van der Waals surface area contributed by atoms with Gasteiger partial charge in [-0.05, 0) is 42.0 Å². The minimum absolute atomic E-state index is 0.00640. The molecule has 2 aromatic carbocycles. The predicted molar refractivity (Wildman–Crippen MR) is 96.3 cm³/mol. The molecule has 1 amide bonds. The topological polar surface area (TPSA) is 38.3 Å². The number of ether oxygens (including phenoxy) is 1. The Balaban J connectivity index is 2.16. The molecule has 0 saturated carbocycles. The van der Waals surface area contributed by atoms with Crippen molar-refractivity contribution in [3.05, 3.63) is 59.7 Å². The average Bonchev–Trinajstić information content (AvgIpc) is 2.60. The van der Waals surface area contributed by atoms with Crippen molar-refractivity contribution < 1.29 is 9.53 Å². The van der Waals surface area contributed by atoms with Crippen LogP contribution in [0.2, 0.25) is 0 Å². The molecule has 0 aliphatic carbocycles. The fraction of sp³-hybridized carbons (Fsp3) is 0.316. The van der Waals surface area contributed by atoms with E-state index in [0.29, 0.717) is 0 Å². The van der Waals surface area contributed by atoms with Gasteiger partial charge in [0.1, 0.15) is 5.75 Å². The van der Waals surface area contributed by atoms with Crippen molar-refractivity contribution in [2.75, 3.05) is 12.9 Å². The number of benzene rings is 2. The van der Waals surface area contributed by atoms with E-state index in [9.17, 15) is 4.79 Å². The summed E-state index contributed by atoms with van der Waals surface area (Å²) in [7, 11) is 1.65. The van der Waals surface area contributed by atoms with Crippen LogP contribution < -0.4 is 10.1 Å². The molecule has 2 aromatic rings. The van der Waals surface area contributed by atoms with E-state index in [0.717, 1.165) is 33.9 Å². The van der Waals surface area contributed by atoms with E-state index >= 15 is 0 Å². The van der Waals surface area contributed by atoms with Crippen molar-refractivity contribution in [3.8, 4) is 5.75 Å². The minimum Gasteiger partial charge on any atom is -0.497 e. The molecule has 0 radical (unpaired) electrons. The molecule has 4 heteroatoms. The lowest BCUT2D eigenvalue weighted by atomic mass is 10.0. The van der Waals surface area contributed by atoms with Gasteiger partial charge in [0.05, 0.1) is 18.7 Å². The fourth-order valence-electron chi connectivity index (χ4n) is 2.43. The Hall–Kier alpha value is -1.94. The van der Waals surface area contributed by atoms with Gasteiger partial charge in [0, 0.05) is 4.90 Å². The molecule has 23 heavy (non-hydrogen) atoms. The van der Waals surface area contributed by atoms with Crippen LogP contribution in [0.4, 0.5) is 0 Å². The van der Waals surface area contributed by atoms with Crippen LogP contribution in [0.1, 0.15) is 42.2 Å². The first-order chi connectivity index (χ1) is 11.2. The number of hydrogen-bond donors (Lipinski definition) is 1. The van der Waals surface area contributed by atoms with E-state index in [1.165, 1.54) is 0 Å². The molecule has 1 N–H and O–H groups in total. The van der Waals surface area contributed by atoms with Gasteiger partial charge in [-0.25, -0.2) is 0 Å². The Morgan fingerprint density at radius 1 is 1.13 bits per heavy atom. The van der Waals surface area contributed by atoms with E-state index < -0.39 is 0 Å². The van der Waals surface area contributed by atoms with Crippen LogP contribution in [0.5, 0.6) is 5.75 Å². The Morgan fingerprint density at radius 3 is 2.43 bits per heavy atom. The number of carbonyl (C=O) groups excluding carboxylic acids is 1. The van der Waals surface area contributed by atoms with Crippen molar-refractivity contribution in [2.24, 2.45) is 0 Å². The smallest absolute Gasteiger partial charge is 0.252 e. The van der Waals surface area contributed by atoms with Crippen molar-refractivity contribution in [3.63, 3.8) is 0 Å². The van der Waals surface area contributed by atoms with Crippen molar-refractivity contribution in [1.29, 1.82) is 0 Å². The molecule has 122 valence electrons. The monoisotopic (exact) mass is 329 g/mol. The van der Waals surface area contributed by atoms with E-state index in [2.05, 4.69) is 19.2 Å². The van der Waals surface area contributed by atoms with Crippen LogP contribution in [0.15, 0.2) is 53.4 Å². The highest BCUT2D eigenvalue weighted by Crippen LogP contribution is 2.24. The zero-order valence-corrected chi connectivity index (χ0v) is 14.7. The van der Waals surface area contributed by atoms with Gasteiger partial charge in [0.2, 0.25) is 0 Å². The molecule has 0 spiro atoms. The molecule has 3 nitrogen and oxygen atoms in total. The molecule has 1 atom stereocenters. The Bertz CT molecular complexity index is 640. The van der Waals surface area contributed by atoms with Crippen LogP contribution in [-0.4, -0.2) is 18.8 Å². The van der Waals surface area contributed by atoms with Gasteiger partial charge < -0.3 is 10.1 Å². The highest BCUT2D eigenvalue weighted by Gasteiger charge is 2.16. The van der Waals surface area contributed by atoms with Crippen molar-refractivity contribution in [2.45, 2.75) is 31.2 Å². The largest absolute Gasteiger partial charge is 0.497 e. The third kappa shape index (κ3) is 4.52. The summed E-state index contributed by atoms with van der Waals surface area (Å²) >= 11 is 1.69. The molecular weight excluding hydrogens is 306 g/mol. The predicted octanol–water partition coefficient (Wildman–Crippen LogP) is 4.69. The lowest BCUT2D eigenvalue weighted by Gasteiger charge is -2.19. The molecular formula is C19H23NO2S. The van der Waals surface area contributed by atoms with Crippen LogP contribution in [0, 0.1) is 0 Å².